The number of rotatable bonds is 4. The van der Waals surface area contributed by atoms with Crippen LogP contribution in [0.25, 0.3) is 6.08 Å². The predicted molar refractivity (Wildman–Crippen MR) is 140 cm³/mol. The van der Waals surface area contributed by atoms with Gasteiger partial charge in [-0.25, -0.2) is 5.01 Å². The van der Waals surface area contributed by atoms with Gasteiger partial charge in [-0.15, -0.1) is 0 Å². The molecule has 0 radical (unpaired) electrons. The number of amides is 1. The highest BCUT2D eigenvalue weighted by molar-refractivity contribution is 6.33. The van der Waals surface area contributed by atoms with Crippen LogP contribution in [0.1, 0.15) is 53.8 Å². The maximum absolute atomic E-state index is 13.9. The molecule has 0 N–H and O–H groups in total. The zero-order valence-electron chi connectivity index (χ0n) is 20.7. The number of benzene rings is 2. The number of aromatic nitrogens is 2. The van der Waals surface area contributed by atoms with Gasteiger partial charge in [0, 0.05) is 18.7 Å². The fraction of sp³-hybridized carbons (Fsp3) is 0.321. The fourth-order valence-electron chi connectivity index (χ4n) is 5.61. The Labute approximate surface area is 224 Å². The van der Waals surface area contributed by atoms with Crippen molar-refractivity contribution in [3.63, 3.8) is 0 Å². The second-order valence-electron chi connectivity index (χ2n) is 9.65. The van der Waals surface area contributed by atoms with Crippen LogP contribution in [0.15, 0.2) is 53.3 Å². The number of hydrogen-bond donors (Lipinski definition) is 0. The van der Waals surface area contributed by atoms with E-state index in [9.17, 15) is 4.79 Å². The van der Waals surface area contributed by atoms with Crippen LogP contribution >= 0.6 is 11.6 Å². The highest BCUT2D eigenvalue weighted by Gasteiger charge is 2.45. The third-order valence-electron chi connectivity index (χ3n) is 7.43. The van der Waals surface area contributed by atoms with E-state index in [1.807, 2.05) is 43.3 Å². The van der Waals surface area contributed by atoms with Gasteiger partial charge in [0.15, 0.2) is 28.7 Å². The van der Waals surface area contributed by atoms with Crippen molar-refractivity contribution in [2.45, 2.75) is 38.8 Å². The van der Waals surface area contributed by atoms with Crippen LogP contribution in [0.3, 0.4) is 0 Å². The van der Waals surface area contributed by atoms with Crippen molar-refractivity contribution in [3.05, 3.63) is 70.0 Å². The van der Waals surface area contributed by atoms with Gasteiger partial charge in [-0.05, 0) is 73.2 Å². The largest absolute Gasteiger partial charge is 0.454 e. The molecule has 2 aromatic carbocycles. The minimum atomic E-state index is -0.325. The lowest BCUT2D eigenvalue weighted by Crippen LogP contribution is -2.32. The summed E-state index contributed by atoms with van der Waals surface area (Å²) in [5.74, 6) is 2.53. The van der Waals surface area contributed by atoms with Gasteiger partial charge in [0.05, 0.1) is 16.8 Å². The van der Waals surface area contributed by atoms with Crippen molar-refractivity contribution in [3.8, 4) is 23.0 Å². The van der Waals surface area contributed by atoms with Gasteiger partial charge < -0.3 is 18.9 Å². The molecule has 3 aliphatic heterocycles. The molecule has 0 saturated heterocycles. The Hall–Kier alpha value is -3.98. The number of carbonyl (C=O) groups excluding carboxylic acids is 1. The van der Waals surface area contributed by atoms with E-state index in [4.69, 9.17) is 35.6 Å². The van der Waals surface area contributed by atoms with Gasteiger partial charge >= 0.3 is 0 Å². The van der Waals surface area contributed by atoms with Crippen LogP contribution in [0, 0.1) is 5.92 Å². The third-order valence-corrected chi connectivity index (χ3v) is 7.71. The van der Waals surface area contributed by atoms with E-state index in [1.165, 1.54) is 0 Å². The Morgan fingerprint density at radius 1 is 1.05 bits per heavy atom. The SMILES string of the molecule is CCn1cc(Cl)c(C(=O)N2N=C3/C(=C/c4ccc5c(c4)OCO5)CCC[C@H]3[C@H]2c2ccc3c(c2)OCO3)n1. The zero-order chi connectivity index (χ0) is 25.8. The molecule has 0 spiro atoms. The van der Waals surface area contributed by atoms with Gasteiger partial charge in [-0.1, -0.05) is 23.7 Å². The van der Waals surface area contributed by atoms with Crippen LogP contribution in [0.5, 0.6) is 23.0 Å². The number of carbonyl (C=O) groups is 1. The molecule has 194 valence electrons. The van der Waals surface area contributed by atoms with Gasteiger partial charge in [-0.3, -0.25) is 9.48 Å². The average molecular weight is 533 g/mol. The summed E-state index contributed by atoms with van der Waals surface area (Å²) in [6.07, 6.45) is 6.55. The van der Waals surface area contributed by atoms with Crippen molar-refractivity contribution in [1.82, 2.24) is 14.8 Å². The summed E-state index contributed by atoms with van der Waals surface area (Å²) in [7, 11) is 0. The third kappa shape index (κ3) is 3.80. The number of hydrazone groups is 1. The van der Waals surface area contributed by atoms with E-state index in [-0.39, 0.29) is 37.1 Å². The molecule has 4 aliphatic rings. The van der Waals surface area contributed by atoms with E-state index >= 15 is 0 Å². The van der Waals surface area contributed by atoms with E-state index < -0.39 is 0 Å². The van der Waals surface area contributed by atoms with Crippen molar-refractivity contribution in [2.24, 2.45) is 11.0 Å². The molecule has 1 saturated carbocycles. The first kappa shape index (κ1) is 23.2. The second-order valence-corrected chi connectivity index (χ2v) is 10.1. The van der Waals surface area contributed by atoms with Crippen molar-refractivity contribution >= 4 is 29.3 Å². The quantitative estimate of drug-likeness (QED) is 0.444. The highest BCUT2D eigenvalue weighted by atomic mass is 35.5. The number of aryl methyl sites for hydroxylation is 1. The Bertz CT molecular complexity index is 1510. The summed E-state index contributed by atoms with van der Waals surface area (Å²) >= 11 is 6.45. The predicted octanol–water partition coefficient (Wildman–Crippen LogP) is 5.45. The summed E-state index contributed by atoms with van der Waals surface area (Å²) in [4.78, 5) is 13.9. The lowest BCUT2D eigenvalue weighted by molar-refractivity contribution is 0.0673. The standard InChI is InChI=1S/C28H25ClN4O5/c1-2-32-13-20(29)26(30-32)28(34)33-27(18-7-9-22-24(12-18)38-15-36-22)19-5-3-4-17(25(19)31-33)10-16-6-8-21-23(11-16)37-14-35-21/h6-13,19,27H,2-5,14-15H2,1H3/b17-10+/t19-,27-/m1/s1. The number of allylic oxidation sites excluding steroid dienone is 1. The van der Waals surface area contributed by atoms with Crippen molar-refractivity contribution in [2.75, 3.05) is 13.6 Å². The van der Waals surface area contributed by atoms with Crippen LogP contribution in [0.4, 0.5) is 0 Å². The molecule has 7 rings (SSSR count). The topological polar surface area (TPSA) is 87.4 Å². The molecule has 9 nitrogen and oxygen atoms in total. The molecule has 3 aromatic rings. The zero-order valence-corrected chi connectivity index (χ0v) is 21.5. The molecule has 1 amide bonds. The van der Waals surface area contributed by atoms with E-state index in [1.54, 1.807) is 15.9 Å². The monoisotopic (exact) mass is 532 g/mol. The molecular formula is C28H25ClN4O5. The minimum Gasteiger partial charge on any atom is -0.454 e. The summed E-state index contributed by atoms with van der Waals surface area (Å²) < 4.78 is 23.9. The van der Waals surface area contributed by atoms with E-state index in [2.05, 4.69) is 11.2 Å². The number of fused-ring (bicyclic) bond motifs is 3. The maximum Gasteiger partial charge on any atom is 0.296 e. The average Bonchev–Trinajstić information content (AvgIpc) is 3.72. The molecule has 10 heteroatoms. The summed E-state index contributed by atoms with van der Waals surface area (Å²) in [5, 5.41) is 11.3. The molecule has 0 unspecified atom stereocenters. The Morgan fingerprint density at radius 3 is 2.55 bits per heavy atom. The summed E-state index contributed by atoms with van der Waals surface area (Å²) in [6, 6.07) is 11.4. The Morgan fingerprint density at radius 2 is 1.79 bits per heavy atom. The fourth-order valence-corrected chi connectivity index (χ4v) is 5.85. The first-order valence-corrected chi connectivity index (χ1v) is 13.1. The number of nitrogens with zero attached hydrogens (tertiary/aromatic N) is 4. The molecule has 1 aromatic heterocycles. The smallest absolute Gasteiger partial charge is 0.296 e. The maximum atomic E-state index is 13.9. The van der Waals surface area contributed by atoms with E-state index in [0.717, 1.165) is 53.2 Å². The van der Waals surface area contributed by atoms with Crippen LogP contribution in [-0.2, 0) is 6.54 Å². The first-order chi connectivity index (χ1) is 18.6. The summed E-state index contributed by atoms with van der Waals surface area (Å²) in [5.41, 5.74) is 4.15. The van der Waals surface area contributed by atoms with Crippen LogP contribution in [0.2, 0.25) is 5.02 Å². The molecule has 0 bridgehead atoms. The molecule has 38 heavy (non-hydrogen) atoms. The number of hydrogen-bond acceptors (Lipinski definition) is 7. The van der Waals surface area contributed by atoms with Gasteiger partial charge in [0.1, 0.15) is 0 Å². The lowest BCUT2D eigenvalue weighted by Gasteiger charge is -2.29. The van der Waals surface area contributed by atoms with Gasteiger partial charge in [-0.2, -0.15) is 10.2 Å². The summed E-state index contributed by atoms with van der Waals surface area (Å²) in [6.45, 7) is 2.97. The lowest BCUT2D eigenvalue weighted by atomic mass is 9.77. The minimum absolute atomic E-state index is 0.0142. The highest BCUT2D eigenvalue weighted by Crippen LogP contribution is 2.47. The normalized spacial score (nSPS) is 22.1. The molecule has 4 heterocycles. The van der Waals surface area contributed by atoms with Crippen molar-refractivity contribution < 1.29 is 23.7 Å². The Kier molecular flexibility index (Phi) is 5.54. The molecule has 2 atom stereocenters. The van der Waals surface area contributed by atoms with Crippen molar-refractivity contribution in [1.29, 1.82) is 0 Å². The number of halogens is 1. The Balaban J connectivity index is 1.30. The second kappa shape index (κ2) is 9.09. The number of ether oxygens (including phenoxy) is 4. The molecule has 1 fully saturated rings. The van der Waals surface area contributed by atoms with E-state index in [0.29, 0.717) is 23.1 Å². The van der Waals surface area contributed by atoms with Crippen LogP contribution in [-0.4, -0.2) is 40.0 Å². The van der Waals surface area contributed by atoms with Crippen LogP contribution < -0.4 is 18.9 Å². The molecular weight excluding hydrogens is 508 g/mol. The van der Waals surface area contributed by atoms with Gasteiger partial charge in [0.25, 0.3) is 5.91 Å². The van der Waals surface area contributed by atoms with Gasteiger partial charge in [0.2, 0.25) is 13.6 Å². The molecule has 1 aliphatic carbocycles. The first-order valence-electron chi connectivity index (χ1n) is 12.7.